The molecular weight excluding hydrogens is 450 g/mol. The van der Waals surface area contributed by atoms with Crippen molar-refractivity contribution in [3.63, 3.8) is 0 Å². The van der Waals surface area contributed by atoms with E-state index >= 15 is 0 Å². The Hall–Kier alpha value is -0.617. The van der Waals surface area contributed by atoms with Crippen LogP contribution in [-0.2, 0) is 20.8 Å². The van der Waals surface area contributed by atoms with Crippen LogP contribution in [0.5, 0.6) is 0 Å². The Bertz CT molecular complexity index is 822. The fourth-order valence-electron chi connectivity index (χ4n) is 4.59. The van der Waals surface area contributed by atoms with Crippen LogP contribution in [0, 0.1) is 27.7 Å². The molecule has 4 rings (SSSR count). The second-order valence-corrected chi connectivity index (χ2v) is 11.4. The summed E-state index contributed by atoms with van der Waals surface area (Å²) in [6.07, 6.45) is 12.0. The van der Waals surface area contributed by atoms with Gasteiger partial charge in [0.15, 0.2) is 0 Å². The van der Waals surface area contributed by atoms with E-state index in [2.05, 4.69) is 76.3 Å². The van der Waals surface area contributed by atoms with Crippen molar-refractivity contribution in [2.75, 3.05) is 0 Å². The van der Waals surface area contributed by atoms with Crippen LogP contribution in [0.3, 0.4) is 0 Å². The van der Waals surface area contributed by atoms with Gasteiger partial charge in [0.05, 0.1) is 0 Å². The maximum atomic E-state index is 4.93. The number of aryl methyl sites for hydroxylation is 4. The van der Waals surface area contributed by atoms with E-state index in [9.17, 15) is 0 Å². The van der Waals surface area contributed by atoms with E-state index in [0.29, 0.717) is 11.8 Å². The monoisotopic (exact) mass is 474 g/mol. The predicted octanol–water partition coefficient (Wildman–Crippen LogP) is 8.00. The summed E-state index contributed by atoms with van der Waals surface area (Å²) in [7, 11) is 9.87. The molecule has 0 saturated carbocycles. The van der Waals surface area contributed by atoms with Crippen molar-refractivity contribution in [3.8, 4) is 0 Å². The molecule has 2 aliphatic rings. The van der Waals surface area contributed by atoms with E-state index in [-0.39, 0.29) is 0 Å². The summed E-state index contributed by atoms with van der Waals surface area (Å²) in [6.45, 7) is 8.98. The van der Waals surface area contributed by atoms with Gasteiger partial charge in [0.2, 0.25) is 0 Å². The van der Waals surface area contributed by atoms with Crippen LogP contribution in [0.2, 0.25) is 0 Å². The van der Waals surface area contributed by atoms with E-state index < -0.39 is 20.8 Å². The molecule has 0 N–H and O–H groups in total. The van der Waals surface area contributed by atoms with Crippen molar-refractivity contribution in [2.45, 2.75) is 52.4 Å². The Labute approximate surface area is 182 Å². The predicted molar refractivity (Wildman–Crippen MR) is 116 cm³/mol. The van der Waals surface area contributed by atoms with Gasteiger partial charge in [-0.1, -0.05) is 48.6 Å². The number of benzene rings is 2. The molecule has 3 heteroatoms. The third kappa shape index (κ3) is 4.37. The first-order chi connectivity index (χ1) is 13.0. The Balaban J connectivity index is 0.000000659. The molecule has 0 amide bonds. The first-order valence-electron chi connectivity index (χ1n) is 9.50. The maximum absolute atomic E-state index is 4.93. The van der Waals surface area contributed by atoms with Crippen LogP contribution >= 0.6 is 17.0 Å². The van der Waals surface area contributed by atoms with E-state index in [1.54, 1.807) is 11.1 Å². The van der Waals surface area contributed by atoms with Crippen LogP contribution in [0.4, 0.5) is 0 Å². The van der Waals surface area contributed by atoms with Crippen molar-refractivity contribution < 1.29 is 20.8 Å². The zero-order chi connectivity index (χ0) is 19.6. The molecule has 0 bridgehead atoms. The second kappa shape index (κ2) is 9.25. The topological polar surface area (TPSA) is 0 Å². The second-order valence-electron chi connectivity index (χ2n) is 7.63. The summed E-state index contributed by atoms with van der Waals surface area (Å²) in [6, 6.07) is 9.07. The van der Waals surface area contributed by atoms with Crippen molar-refractivity contribution in [1.29, 1.82) is 0 Å². The van der Waals surface area contributed by atoms with Gasteiger partial charge in [-0.3, -0.25) is 0 Å². The van der Waals surface area contributed by atoms with Gasteiger partial charge in [0, 0.05) is 11.8 Å². The first-order valence-corrected chi connectivity index (χ1v) is 15.8. The number of fused-ring (bicyclic) bond motifs is 2. The Morgan fingerprint density at radius 3 is 1.37 bits per heavy atom. The van der Waals surface area contributed by atoms with Crippen molar-refractivity contribution in [3.05, 3.63) is 80.9 Å². The zero-order valence-corrected chi connectivity index (χ0v) is 20.4. The van der Waals surface area contributed by atoms with Crippen LogP contribution < -0.4 is 0 Å². The van der Waals surface area contributed by atoms with Gasteiger partial charge in [0.1, 0.15) is 0 Å². The molecule has 2 aliphatic carbocycles. The molecule has 0 aromatic heterocycles. The quantitative estimate of drug-likeness (QED) is 0.421. The summed E-state index contributed by atoms with van der Waals surface area (Å²) in [5, 5.41) is 0. The van der Waals surface area contributed by atoms with E-state index in [1.165, 1.54) is 46.2 Å². The van der Waals surface area contributed by atoms with Crippen LogP contribution in [0.1, 0.15) is 69.2 Å². The molecule has 0 nitrogen and oxygen atoms in total. The Kier molecular flexibility index (Phi) is 7.23. The Morgan fingerprint density at radius 1 is 0.667 bits per heavy atom. The molecule has 2 aromatic rings. The number of hydrogen-bond acceptors (Lipinski definition) is 0. The molecule has 0 spiro atoms. The zero-order valence-electron chi connectivity index (χ0n) is 16.4. The summed E-state index contributed by atoms with van der Waals surface area (Å²) >= 11 is -0.826. The van der Waals surface area contributed by atoms with E-state index in [1.807, 2.05) is 0 Å². The number of hydrogen-bond donors (Lipinski definition) is 0. The standard InChI is InChI=1S/C24H26.2ClH.Zr/c1-15-5-7-17(3)23-19(11-13-21(15)23)9-10-20-12-14-22-16(2)6-8-18(4)24(20)22;;;/h5-8,11-14,19-20H,9-10H2,1-4H3;2*1H;/q;;;+2/p-2. The van der Waals surface area contributed by atoms with Gasteiger partial charge < -0.3 is 0 Å². The molecule has 0 saturated heterocycles. The summed E-state index contributed by atoms with van der Waals surface area (Å²) in [4.78, 5) is 0. The van der Waals surface area contributed by atoms with Crippen molar-refractivity contribution in [2.24, 2.45) is 0 Å². The fraction of sp³-hybridized carbons (Fsp3) is 0.333. The SMILES string of the molecule is Cc1ccc(C)c2c1C=CC2CCC1C=Cc2c(C)ccc(C)c21.[Cl][Zr][Cl]. The van der Waals surface area contributed by atoms with Crippen LogP contribution in [-0.4, -0.2) is 0 Å². The molecule has 2 unspecified atom stereocenters. The third-order valence-corrected chi connectivity index (χ3v) is 5.97. The number of halogens is 2. The molecule has 0 heterocycles. The molecule has 0 fully saturated rings. The molecule has 27 heavy (non-hydrogen) atoms. The van der Waals surface area contributed by atoms with Crippen molar-refractivity contribution in [1.82, 2.24) is 0 Å². The van der Waals surface area contributed by atoms with Gasteiger partial charge in [0.25, 0.3) is 0 Å². The molecule has 0 aliphatic heterocycles. The third-order valence-electron chi connectivity index (χ3n) is 5.97. The van der Waals surface area contributed by atoms with E-state index in [0.717, 1.165) is 0 Å². The molecule has 2 aromatic carbocycles. The molecule has 0 radical (unpaired) electrons. The number of rotatable bonds is 3. The normalized spacial score (nSPS) is 18.7. The average Bonchev–Trinajstić information content (AvgIpc) is 3.26. The molecule has 2 atom stereocenters. The van der Waals surface area contributed by atoms with Crippen LogP contribution in [0.25, 0.3) is 12.2 Å². The van der Waals surface area contributed by atoms with Crippen molar-refractivity contribution >= 4 is 29.2 Å². The summed E-state index contributed by atoms with van der Waals surface area (Å²) < 4.78 is 0. The fourth-order valence-corrected chi connectivity index (χ4v) is 4.59. The van der Waals surface area contributed by atoms with Gasteiger partial charge >= 0.3 is 37.9 Å². The molecule has 140 valence electrons. The number of allylic oxidation sites excluding steroid dienone is 2. The average molecular weight is 477 g/mol. The van der Waals surface area contributed by atoms with Crippen LogP contribution in [0.15, 0.2) is 36.4 Å². The summed E-state index contributed by atoms with van der Waals surface area (Å²) in [5.74, 6) is 1.17. The molecular formula is C24H26Cl2Zr. The van der Waals surface area contributed by atoms with Gasteiger partial charge in [-0.15, -0.1) is 0 Å². The first kappa shape index (κ1) is 21.1. The van der Waals surface area contributed by atoms with Gasteiger partial charge in [-0.05, 0) is 85.0 Å². The Morgan fingerprint density at radius 2 is 1.00 bits per heavy atom. The van der Waals surface area contributed by atoms with Gasteiger partial charge in [-0.2, -0.15) is 0 Å². The van der Waals surface area contributed by atoms with E-state index in [4.69, 9.17) is 17.0 Å². The minimum atomic E-state index is -0.826. The van der Waals surface area contributed by atoms with Gasteiger partial charge in [-0.25, -0.2) is 0 Å². The minimum absolute atomic E-state index is 0.586. The summed E-state index contributed by atoms with van der Waals surface area (Å²) in [5.41, 5.74) is 11.8.